The lowest BCUT2D eigenvalue weighted by Gasteiger charge is -2.04. The van der Waals surface area contributed by atoms with Crippen molar-refractivity contribution < 1.29 is 13.6 Å². The number of hydrogen-bond acceptors (Lipinski definition) is 7. The van der Waals surface area contributed by atoms with Gasteiger partial charge in [0.25, 0.3) is 0 Å². The van der Waals surface area contributed by atoms with Crippen LogP contribution in [0.2, 0.25) is 0 Å². The van der Waals surface area contributed by atoms with Crippen LogP contribution >= 0.6 is 11.3 Å². The van der Waals surface area contributed by atoms with Crippen molar-refractivity contribution >= 4 is 23.1 Å². The molecular formula is C23H21FN6O2S. The molecule has 0 fully saturated rings. The molecule has 0 radical (unpaired) electrons. The molecule has 168 valence electrons. The zero-order valence-electron chi connectivity index (χ0n) is 17.8. The van der Waals surface area contributed by atoms with Crippen molar-refractivity contribution in [2.75, 3.05) is 12.3 Å². The number of halogens is 1. The standard InChI is InChI=1S/C23H21FN6O2S/c1-14-19(28-23(32-14)20-5-3-11-33-20)12-21(31)27-10-2-4-18-17(13-25)22(26)30(29-18)16-8-6-15(24)7-9-16/h3,5-9,11H,2,4,10,12,26H2,1H3,(H,27,31). The van der Waals surface area contributed by atoms with E-state index in [1.165, 1.54) is 28.2 Å². The highest BCUT2D eigenvalue weighted by Gasteiger charge is 2.17. The number of thiophene rings is 1. The summed E-state index contributed by atoms with van der Waals surface area (Å²) in [7, 11) is 0. The van der Waals surface area contributed by atoms with Gasteiger partial charge in [-0.1, -0.05) is 6.07 Å². The summed E-state index contributed by atoms with van der Waals surface area (Å²) in [5, 5.41) is 18.7. The Morgan fingerprint density at radius 1 is 1.30 bits per heavy atom. The van der Waals surface area contributed by atoms with E-state index in [0.29, 0.717) is 48.1 Å². The van der Waals surface area contributed by atoms with E-state index in [2.05, 4.69) is 21.5 Å². The first-order valence-electron chi connectivity index (χ1n) is 10.3. The first-order valence-corrected chi connectivity index (χ1v) is 11.1. The quantitative estimate of drug-likeness (QED) is 0.383. The summed E-state index contributed by atoms with van der Waals surface area (Å²) in [6.45, 7) is 2.19. The molecule has 0 unspecified atom stereocenters. The SMILES string of the molecule is Cc1oc(-c2cccs2)nc1CC(=O)NCCCc1nn(-c2ccc(F)cc2)c(N)c1C#N. The molecule has 3 N–H and O–H groups in total. The highest BCUT2D eigenvalue weighted by atomic mass is 32.1. The van der Waals surface area contributed by atoms with Gasteiger partial charge in [-0.2, -0.15) is 10.4 Å². The van der Waals surface area contributed by atoms with Gasteiger partial charge in [-0.15, -0.1) is 11.3 Å². The number of carbonyl (C=O) groups is 1. The van der Waals surface area contributed by atoms with Gasteiger partial charge in [-0.25, -0.2) is 14.1 Å². The lowest BCUT2D eigenvalue weighted by Crippen LogP contribution is -2.26. The van der Waals surface area contributed by atoms with E-state index in [1.807, 2.05) is 17.5 Å². The second-order valence-corrected chi connectivity index (χ2v) is 8.28. The van der Waals surface area contributed by atoms with Crippen molar-refractivity contribution in [2.45, 2.75) is 26.2 Å². The zero-order chi connectivity index (χ0) is 23.4. The molecule has 0 saturated carbocycles. The van der Waals surface area contributed by atoms with Gasteiger partial charge in [0.1, 0.15) is 29.0 Å². The Morgan fingerprint density at radius 2 is 2.09 bits per heavy atom. The molecule has 0 spiro atoms. The molecule has 1 amide bonds. The number of nitriles is 1. The summed E-state index contributed by atoms with van der Waals surface area (Å²) in [6, 6.07) is 11.6. The fraction of sp³-hybridized carbons (Fsp3) is 0.217. The van der Waals surface area contributed by atoms with Crippen molar-refractivity contribution in [1.29, 1.82) is 5.26 Å². The van der Waals surface area contributed by atoms with Crippen LogP contribution in [0.15, 0.2) is 46.2 Å². The monoisotopic (exact) mass is 464 g/mol. The summed E-state index contributed by atoms with van der Waals surface area (Å²) < 4.78 is 20.3. The van der Waals surface area contributed by atoms with E-state index in [4.69, 9.17) is 10.2 Å². The topological polar surface area (TPSA) is 123 Å². The zero-order valence-corrected chi connectivity index (χ0v) is 18.7. The number of nitrogens with two attached hydrogens (primary N) is 1. The van der Waals surface area contributed by atoms with E-state index < -0.39 is 0 Å². The number of nitrogens with one attached hydrogen (secondary N) is 1. The minimum absolute atomic E-state index is 0.121. The first-order chi connectivity index (χ1) is 16.0. The largest absolute Gasteiger partial charge is 0.440 e. The smallest absolute Gasteiger partial charge is 0.236 e. The van der Waals surface area contributed by atoms with Gasteiger partial charge < -0.3 is 15.5 Å². The molecule has 10 heteroatoms. The summed E-state index contributed by atoms with van der Waals surface area (Å²) >= 11 is 1.52. The Hall–Kier alpha value is -3.97. The van der Waals surface area contributed by atoms with E-state index in [1.54, 1.807) is 19.1 Å². The van der Waals surface area contributed by atoms with Crippen LogP contribution in [-0.2, 0) is 17.6 Å². The highest BCUT2D eigenvalue weighted by Crippen LogP contribution is 2.26. The van der Waals surface area contributed by atoms with Crippen molar-refractivity contribution in [3.63, 3.8) is 0 Å². The third kappa shape index (κ3) is 4.94. The van der Waals surface area contributed by atoms with Crippen LogP contribution in [-0.4, -0.2) is 27.2 Å². The molecule has 4 rings (SSSR count). The van der Waals surface area contributed by atoms with Crippen LogP contribution in [0.5, 0.6) is 0 Å². The van der Waals surface area contributed by atoms with Gasteiger partial charge in [0.2, 0.25) is 11.8 Å². The van der Waals surface area contributed by atoms with Gasteiger partial charge in [0.15, 0.2) is 0 Å². The minimum atomic E-state index is -0.371. The van der Waals surface area contributed by atoms with Crippen LogP contribution in [0.1, 0.15) is 29.1 Å². The van der Waals surface area contributed by atoms with Gasteiger partial charge in [-0.3, -0.25) is 4.79 Å². The highest BCUT2D eigenvalue weighted by molar-refractivity contribution is 7.13. The number of carbonyl (C=O) groups excluding carboxylic acids is 1. The average Bonchev–Trinajstić information content (AvgIpc) is 3.52. The predicted molar refractivity (Wildman–Crippen MR) is 122 cm³/mol. The molecule has 0 aliphatic carbocycles. The number of amides is 1. The summed E-state index contributed by atoms with van der Waals surface area (Å²) in [5.41, 5.74) is 8.06. The predicted octanol–water partition coefficient (Wildman–Crippen LogP) is 3.78. The minimum Gasteiger partial charge on any atom is -0.440 e. The number of oxazole rings is 1. The molecule has 33 heavy (non-hydrogen) atoms. The number of hydrogen-bond donors (Lipinski definition) is 2. The molecule has 4 aromatic rings. The average molecular weight is 465 g/mol. The molecule has 0 aliphatic heterocycles. The van der Waals surface area contributed by atoms with E-state index in [9.17, 15) is 14.4 Å². The fourth-order valence-corrected chi connectivity index (χ4v) is 4.00. The molecule has 3 heterocycles. The maximum atomic E-state index is 13.2. The first kappa shape index (κ1) is 22.2. The van der Waals surface area contributed by atoms with Crippen molar-refractivity contribution in [1.82, 2.24) is 20.1 Å². The second-order valence-electron chi connectivity index (χ2n) is 7.34. The van der Waals surface area contributed by atoms with E-state index in [-0.39, 0.29) is 29.5 Å². The second kappa shape index (κ2) is 9.67. The van der Waals surface area contributed by atoms with Crippen LogP contribution in [0.25, 0.3) is 16.5 Å². The summed E-state index contributed by atoms with van der Waals surface area (Å²) in [5.74, 6) is 0.800. The molecule has 0 atom stereocenters. The van der Waals surface area contributed by atoms with Crippen molar-refractivity contribution in [3.05, 3.63) is 70.3 Å². The van der Waals surface area contributed by atoms with Gasteiger partial charge in [0.05, 0.1) is 28.4 Å². The number of rotatable bonds is 8. The van der Waals surface area contributed by atoms with Crippen molar-refractivity contribution in [3.8, 4) is 22.5 Å². The van der Waals surface area contributed by atoms with Crippen LogP contribution in [0.4, 0.5) is 10.2 Å². The Kier molecular flexibility index (Phi) is 6.51. The maximum Gasteiger partial charge on any atom is 0.236 e. The molecular weight excluding hydrogens is 443 g/mol. The van der Waals surface area contributed by atoms with Crippen molar-refractivity contribution in [2.24, 2.45) is 0 Å². The van der Waals surface area contributed by atoms with Crippen LogP contribution in [0.3, 0.4) is 0 Å². The third-order valence-electron chi connectivity index (χ3n) is 5.04. The Morgan fingerprint density at radius 3 is 2.79 bits per heavy atom. The van der Waals surface area contributed by atoms with E-state index in [0.717, 1.165) is 4.88 Å². The Bertz CT molecular complexity index is 1300. The number of aryl methyl sites for hydroxylation is 2. The summed E-state index contributed by atoms with van der Waals surface area (Å²) in [6.07, 6.45) is 1.14. The number of aromatic nitrogens is 3. The Labute approximate surface area is 193 Å². The lowest BCUT2D eigenvalue weighted by molar-refractivity contribution is -0.120. The van der Waals surface area contributed by atoms with Gasteiger partial charge in [0, 0.05) is 6.54 Å². The van der Waals surface area contributed by atoms with Crippen LogP contribution < -0.4 is 11.1 Å². The fourth-order valence-electron chi connectivity index (χ4n) is 3.35. The molecule has 0 aliphatic rings. The third-order valence-corrected chi connectivity index (χ3v) is 5.90. The number of anilines is 1. The molecule has 8 nitrogen and oxygen atoms in total. The van der Waals surface area contributed by atoms with Crippen LogP contribution in [0, 0.1) is 24.1 Å². The Balaban J connectivity index is 1.33. The maximum absolute atomic E-state index is 13.2. The number of nitrogen functional groups attached to an aromatic ring is 1. The summed E-state index contributed by atoms with van der Waals surface area (Å²) in [4.78, 5) is 17.7. The number of benzene rings is 1. The number of nitrogens with zero attached hydrogens (tertiary/aromatic N) is 4. The normalized spacial score (nSPS) is 10.8. The van der Waals surface area contributed by atoms with Gasteiger partial charge in [-0.05, 0) is 55.5 Å². The molecule has 0 bridgehead atoms. The van der Waals surface area contributed by atoms with E-state index >= 15 is 0 Å². The molecule has 0 saturated heterocycles. The molecule has 3 aromatic heterocycles. The van der Waals surface area contributed by atoms with Gasteiger partial charge >= 0.3 is 0 Å². The molecule has 1 aromatic carbocycles. The lowest BCUT2D eigenvalue weighted by atomic mass is 10.1.